The summed E-state index contributed by atoms with van der Waals surface area (Å²) in [6.45, 7) is 10.6. The zero-order chi connectivity index (χ0) is 29.8. The molecule has 0 saturated carbocycles. The summed E-state index contributed by atoms with van der Waals surface area (Å²) in [5.74, 6) is 2.51. The molecule has 1 aliphatic heterocycles. The fraction of sp³-hybridized carbons (Fsp3) is 0.333. The average Bonchev–Trinajstić information content (AvgIpc) is 3.45. The van der Waals surface area contributed by atoms with E-state index >= 15 is 0 Å². The van der Waals surface area contributed by atoms with Crippen molar-refractivity contribution >= 4 is 38.5 Å². The van der Waals surface area contributed by atoms with Gasteiger partial charge in [0, 0.05) is 63.7 Å². The molecule has 11 nitrogen and oxygen atoms in total. The van der Waals surface area contributed by atoms with Gasteiger partial charge in [-0.05, 0) is 44.5 Å². The van der Waals surface area contributed by atoms with Gasteiger partial charge in [-0.1, -0.05) is 18.2 Å². The minimum Gasteiger partial charge on any atom is -0.366 e. The average molecular weight is 587 g/mol. The molecule has 1 amide bonds. The van der Waals surface area contributed by atoms with Gasteiger partial charge in [-0.3, -0.25) is 4.79 Å². The van der Waals surface area contributed by atoms with Crippen LogP contribution < -0.4 is 10.2 Å². The molecule has 4 aromatic heterocycles. The van der Waals surface area contributed by atoms with Crippen molar-refractivity contribution < 1.29 is 13.2 Å². The van der Waals surface area contributed by atoms with E-state index in [9.17, 15) is 13.2 Å². The smallest absolute Gasteiger partial charge is 0.219 e. The normalized spacial score (nSPS) is 14.2. The van der Waals surface area contributed by atoms with Gasteiger partial charge >= 0.3 is 0 Å². The first-order valence-electron chi connectivity index (χ1n) is 13.9. The molecule has 218 valence electrons. The van der Waals surface area contributed by atoms with Gasteiger partial charge in [-0.25, -0.2) is 18.4 Å². The molecule has 12 heteroatoms. The predicted molar refractivity (Wildman–Crippen MR) is 163 cm³/mol. The molecule has 0 aliphatic carbocycles. The summed E-state index contributed by atoms with van der Waals surface area (Å²) in [7, 11) is -3.32. The lowest BCUT2D eigenvalue weighted by atomic mass is 10.1. The number of aromatic nitrogens is 5. The molecule has 5 heterocycles. The van der Waals surface area contributed by atoms with Crippen molar-refractivity contribution in [3.63, 3.8) is 0 Å². The van der Waals surface area contributed by atoms with Crippen LogP contribution in [0.1, 0.15) is 29.7 Å². The maximum Gasteiger partial charge on any atom is 0.219 e. The predicted octanol–water partition coefficient (Wildman–Crippen LogP) is 3.65. The van der Waals surface area contributed by atoms with E-state index in [1.165, 1.54) is 6.26 Å². The number of imidazole rings is 1. The number of rotatable bonds is 6. The fourth-order valence-corrected chi connectivity index (χ4v) is 6.32. The number of hydrogen-bond donors (Lipinski definition) is 1. The van der Waals surface area contributed by atoms with Crippen molar-refractivity contribution in [1.82, 2.24) is 28.9 Å². The number of benzene rings is 1. The summed E-state index contributed by atoms with van der Waals surface area (Å²) in [5, 5.41) is 8.37. The van der Waals surface area contributed by atoms with Gasteiger partial charge in [0.25, 0.3) is 0 Å². The summed E-state index contributed by atoms with van der Waals surface area (Å²) >= 11 is 0. The van der Waals surface area contributed by atoms with E-state index in [1.54, 1.807) is 25.1 Å². The number of nitrogens with zero attached hydrogens (tertiary/aromatic N) is 7. The fourth-order valence-electron chi connectivity index (χ4n) is 5.63. The zero-order valence-corrected chi connectivity index (χ0v) is 25.2. The highest BCUT2D eigenvalue weighted by molar-refractivity contribution is 7.90. The molecule has 6 rings (SSSR count). The summed E-state index contributed by atoms with van der Waals surface area (Å²) in [6.07, 6.45) is 3.29. The lowest BCUT2D eigenvalue weighted by molar-refractivity contribution is -0.129. The third kappa shape index (κ3) is 5.06. The molecular weight excluding hydrogens is 552 g/mol. The second-order valence-corrected chi connectivity index (χ2v) is 12.9. The van der Waals surface area contributed by atoms with E-state index in [1.807, 2.05) is 42.3 Å². The quantitative estimate of drug-likeness (QED) is 0.321. The Labute approximate surface area is 244 Å². The highest BCUT2D eigenvalue weighted by atomic mass is 32.2. The van der Waals surface area contributed by atoms with Crippen molar-refractivity contribution in [2.24, 2.45) is 0 Å². The number of aryl methyl sites for hydroxylation is 3. The monoisotopic (exact) mass is 586 g/mol. The zero-order valence-electron chi connectivity index (χ0n) is 24.4. The first-order chi connectivity index (χ1) is 20.0. The summed E-state index contributed by atoms with van der Waals surface area (Å²) in [4.78, 5) is 26.0. The van der Waals surface area contributed by atoms with Crippen molar-refractivity contribution in [3.8, 4) is 11.1 Å². The van der Waals surface area contributed by atoms with Crippen LogP contribution in [0.5, 0.6) is 0 Å². The lowest BCUT2D eigenvalue weighted by Gasteiger charge is -2.35. The molecule has 0 radical (unpaired) electrons. The van der Waals surface area contributed by atoms with Gasteiger partial charge in [0.05, 0.1) is 27.4 Å². The van der Waals surface area contributed by atoms with E-state index in [4.69, 9.17) is 10.1 Å². The number of hydrogen-bond acceptors (Lipinski definition) is 8. The van der Waals surface area contributed by atoms with Gasteiger partial charge in [0.2, 0.25) is 5.91 Å². The molecule has 1 aliphatic rings. The third-order valence-electron chi connectivity index (χ3n) is 7.89. The molecule has 0 unspecified atom stereocenters. The molecule has 1 fully saturated rings. The van der Waals surface area contributed by atoms with Crippen molar-refractivity contribution in [2.45, 2.75) is 39.1 Å². The maximum absolute atomic E-state index is 12.1. The summed E-state index contributed by atoms with van der Waals surface area (Å²) < 4.78 is 28.1. The van der Waals surface area contributed by atoms with Crippen LogP contribution in [-0.2, 0) is 21.2 Å². The Morgan fingerprint density at radius 3 is 2.45 bits per heavy atom. The van der Waals surface area contributed by atoms with Crippen LogP contribution in [-0.4, -0.2) is 75.6 Å². The van der Waals surface area contributed by atoms with Crippen molar-refractivity contribution in [1.29, 1.82) is 0 Å². The van der Waals surface area contributed by atoms with Gasteiger partial charge in [-0.2, -0.15) is 9.61 Å². The Hall–Kier alpha value is -4.45. The molecule has 0 bridgehead atoms. The van der Waals surface area contributed by atoms with Crippen molar-refractivity contribution in [2.75, 3.05) is 42.7 Å². The lowest BCUT2D eigenvalue weighted by Crippen LogP contribution is -2.48. The Morgan fingerprint density at radius 2 is 1.74 bits per heavy atom. The number of carbonyl (C=O) groups is 1. The number of amides is 1. The SMILES string of the molecule is CC(=O)N1CCN(c2cc(NCc3cccc(S(C)(=O)=O)c3)n3nc(C)c(-c4ccc5c(C)nc(C)n5c4)c3n2)CC1. The van der Waals surface area contributed by atoms with Crippen LogP contribution in [0.4, 0.5) is 11.6 Å². The van der Waals surface area contributed by atoms with E-state index in [0.29, 0.717) is 38.4 Å². The Bertz CT molecular complexity index is 1950. The van der Waals surface area contributed by atoms with E-state index < -0.39 is 9.84 Å². The largest absolute Gasteiger partial charge is 0.366 e. The van der Waals surface area contributed by atoms with Gasteiger partial charge < -0.3 is 19.5 Å². The molecule has 1 saturated heterocycles. The van der Waals surface area contributed by atoms with Crippen LogP contribution >= 0.6 is 0 Å². The van der Waals surface area contributed by atoms with Crippen LogP contribution in [0.2, 0.25) is 0 Å². The molecule has 0 spiro atoms. The number of piperazine rings is 1. The molecule has 5 aromatic rings. The van der Waals surface area contributed by atoms with Gasteiger partial charge in [0.1, 0.15) is 17.5 Å². The second-order valence-electron chi connectivity index (χ2n) is 10.9. The number of pyridine rings is 1. The number of fused-ring (bicyclic) bond motifs is 2. The van der Waals surface area contributed by atoms with Crippen LogP contribution in [0, 0.1) is 20.8 Å². The minimum absolute atomic E-state index is 0.0749. The highest BCUT2D eigenvalue weighted by Crippen LogP contribution is 2.32. The second kappa shape index (κ2) is 10.4. The third-order valence-corrected chi connectivity index (χ3v) is 9.00. The van der Waals surface area contributed by atoms with Crippen LogP contribution in [0.25, 0.3) is 22.3 Å². The number of sulfone groups is 1. The molecule has 1 N–H and O–H groups in total. The highest BCUT2D eigenvalue weighted by Gasteiger charge is 2.23. The van der Waals surface area contributed by atoms with Gasteiger partial charge in [0.15, 0.2) is 15.5 Å². The molecule has 42 heavy (non-hydrogen) atoms. The Morgan fingerprint density at radius 1 is 0.976 bits per heavy atom. The minimum atomic E-state index is -3.32. The van der Waals surface area contributed by atoms with Gasteiger partial charge in [-0.15, -0.1) is 0 Å². The maximum atomic E-state index is 12.1. The molecule has 0 atom stereocenters. The van der Waals surface area contributed by atoms with E-state index in [-0.39, 0.29) is 10.8 Å². The van der Waals surface area contributed by atoms with Crippen LogP contribution in [0.3, 0.4) is 0 Å². The van der Waals surface area contributed by atoms with E-state index in [0.717, 1.165) is 51.1 Å². The Balaban J connectivity index is 1.44. The standard InChI is InChI=1S/C30H34N8O3S/c1-19-26-10-9-24(18-37(26)21(3)32-19)29-20(2)34-38-27(31-17-23-7-6-8-25(15-23)42(5,40)41)16-28(33-30(29)38)36-13-11-35(12-14-36)22(4)39/h6-10,15-16,18,31H,11-14,17H2,1-5H3. The van der Waals surface area contributed by atoms with Crippen molar-refractivity contribution in [3.05, 3.63) is 71.4 Å². The topological polar surface area (TPSA) is 117 Å². The molecule has 1 aromatic carbocycles. The Kier molecular flexibility index (Phi) is 6.88. The summed E-state index contributed by atoms with van der Waals surface area (Å²) in [5.41, 5.74) is 6.31. The summed E-state index contributed by atoms with van der Waals surface area (Å²) in [6, 6.07) is 13.1. The first-order valence-corrected chi connectivity index (χ1v) is 15.8. The van der Waals surface area contributed by atoms with E-state index in [2.05, 4.69) is 37.9 Å². The molecular formula is C30H34N8O3S. The first kappa shape index (κ1) is 27.7. The number of carbonyl (C=O) groups excluding carboxylic acids is 1. The number of anilines is 2. The number of nitrogens with one attached hydrogen (secondary N) is 1. The van der Waals surface area contributed by atoms with Crippen LogP contribution in [0.15, 0.2) is 53.6 Å².